The number of hydrogen-bond acceptors (Lipinski definition) is 2. The zero-order chi connectivity index (χ0) is 15.6. The van der Waals surface area contributed by atoms with Gasteiger partial charge in [-0.25, -0.2) is 0 Å². The molecule has 2 saturated heterocycles. The molecule has 2 aliphatic heterocycles. The van der Waals surface area contributed by atoms with Gasteiger partial charge < -0.3 is 9.47 Å². The molecule has 0 unspecified atom stereocenters. The van der Waals surface area contributed by atoms with Crippen LogP contribution in [0.15, 0.2) is 0 Å². The highest BCUT2D eigenvalue weighted by atomic mass is 16.5. The Morgan fingerprint density at radius 3 is 1.50 bits per heavy atom. The van der Waals surface area contributed by atoms with E-state index in [9.17, 15) is 0 Å². The van der Waals surface area contributed by atoms with Gasteiger partial charge in [0.15, 0.2) is 0 Å². The van der Waals surface area contributed by atoms with Gasteiger partial charge in [-0.2, -0.15) is 0 Å². The summed E-state index contributed by atoms with van der Waals surface area (Å²) < 4.78 is 13.2. The molecule has 130 valence electrons. The average molecular weight is 326 g/mol. The smallest absolute Gasteiger partial charge is 0.0609 e. The number of rotatable bonds is 0. The van der Waals surface area contributed by atoms with E-state index in [0.717, 1.165) is 72.4 Å². The van der Waals surface area contributed by atoms with Crippen LogP contribution in [-0.2, 0) is 9.47 Å². The molecule has 2 nitrogen and oxygen atoms in total. The van der Waals surface area contributed by atoms with Crippen molar-refractivity contribution in [3.8, 4) is 0 Å². The van der Waals surface area contributed by atoms with Gasteiger partial charge in [-0.15, -0.1) is 0 Å². The Labute approximate surface area is 145 Å². The molecular weight excluding hydrogens is 296 g/mol. The van der Waals surface area contributed by atoms with E-state index in [2.05, 4.69) is 13.8 Å². The minimum absolute atomic E-state index is 0.506. The Morgan fingerprint density at radius 1 is 0.583 bits per heavy atom. The van der Waals surface area contributed by atoms with Gasteiger partial charge in [-0.1, -0.05) is 13.8 Å². The van der Waals surface area contributed by atoms with Crippen LogP contribution in [0.3, 0.4) is 0 Å². The maximum atomic E-state index is 6.62. The monoisotopic (exact) mass is 326 g/mol. The van der Waals surface area contributed by atoms with Crippen molar-refractivity contribution in [3.63, 3.8) is 0 Å². The Hall–Kier alpha value is -0.0800. The summed E-state index contributed by atoms with van der Waals surface area (Å²) in [6, 6.07) is 0. The first-order valence-corrected chi connectivity index (χ1v) is 10.9. The molecule has 0 bridgehead atoms. The van der Waals surface area contributed by atoms with Gasteiger partial charge >= 0.3 is 0 Å². The van der Waals surface area contributed by atoms with E-state index in [1.807, 2.05) is 0 Å². The van der Waals surface area contributed by atoms with Gasteiger partial charge in [-0.05, 0) is 95.7 Å². The lowest BCUT2D eigenvalue weighted by atomic mass is 9.62. The zero-order valence-electron chi connectivity index (χ0n) is 15.0. The summed E-state index contributed by atoms with van der Waals surface area (Å²) in [5.74, 6) is 9.83. The van der Waals surface area contributed by atoms with Crippen LogP contribution in [0.1, 0.15) is 39.5 Å². The van der Waals surface area contributed by atoms with Crippen molar-refractivity contribution in [3.05, 3.63) is 0 Å². The quantitative estimate of drug-likeness (QED) is 0.677. The van der Waals surface area contributed by atoms with E-state index in [0.29, 0.717) is 23.0 Å². The fourth-order valence-corrected chi connectivity index (χ4v) is 11.8. The zero-order valence-corrected chi connectivity index (χ0v) is 15.0. The average Bonchev–Trinajstić information content (AvgIpc) is 3.30. The molecule has 0 spiro atoms. The lowest BCUT2D eigenvalue weighted by Crippen LogP contribution is -2.50. The van der Waals surface area contributed by atoms with Crippen LogP contribution >= 0.6 is 0 Å². The first-order valence-electron chi connectivity index (χ1n) is 10.9. The summed E-state index contributed by atoms with van der Waals surface area (Å²) in [6.07, 6.45) is 6.88. The molecule has 14 atom stereocenters. The summed E-state index contributed by atoms with van der Waals surface area (Å²) in [4.78, 5) is 0. The molecule has 6 saturated carbocycles. The lowest BCUT2D eigenvalue weighted by Gasteiger charge is -2.49. The summed E-state index contributed by atoms with van der Waals surface area (Å²) >= 11 is 0. The summed E-state index contributed by atoms with van der Waals surface area (Å²) in [7, 11) is 0. The van der Waals surface area contributed by atoms with Crippen LogP contribution in [0, 0.1) is 70.0 Å². The highest BCUT2D eigenvalue weighted by Gasteiger charge is 2.84. The van der Waals surface area contributed by atoms with Gasteiger partial charge in [0.25, 0.3) is 0 Å². The van der Waals surface area contributed by atoms with Crippen LogP contribution < -0.4 is 0 Å². The van der Waals surface area contributed by atoms with Gasteiger partial charge in [0.1, 0.15) is 0 Å². The molecule has 2 heterocycles. The molecule has 0 aromatic carbocycles. The number of hydrogen-bond donors (Lipinski definition) is 0. The molecule has 0 N–H and O–H groups in total. The molecule has 2 heteroatoms. The van der Waals surface area contributed by atoms with Crippen LogP contribution in [0.5, 0.6) is 0 Å². The summed E-state index contributed by atoms with van der Waals surface area (Å²) in [6.45, 7) is 7.54. The highest BCUT2D eigenvalue weighted by Crippen LogP contribution is 2.86. The standard InChI is InChI=1S/C22H30O2/c1-21-7-23-11-6-4-10-13(11)19(21)16-15-17(21)9-3-5-12-14(9)20(15)22(2,8-24-12)18(10)16/h9-20H,3-8H2,1-2H3/t9-,10-,11-,12+,13+,14+,15+,16+,17-,18+,19-,20-,21+,22+/m1/s1. The van der Waals surface area contributed by atoms with Crippen molar-refractivity contribution in [2.24, 2.45) is 70.0 Å². The third-order valence-electron chi connectivity index (χ3n) is 11.5. The fourth-order valence-electron chi connectivity index (χ4n) is 11.8. The Balaban J connectivity index is 1.43. The maximum Gasteiger partial charge on any atom is 0.0609 e. The van der Waals surface area contributed by atoms with E-state index in [1.165, 1.54) is 25.7 Å². The molecule has 24 heavy (non-hydrogen) atoms. The van der Waals surface area contributed by atoms with Crippen molar-refractivity contribution in [1.29, 1.82) is 0 Å². The second kappa shape index (κ2) is 3.52. The normalized spacial score (nSPS) is 78.2. The van der Waals surface area contributed by atoms with Crippen molar-refractivity contribution in [1.82, 2.24) is 0 Å². The van der Waals surface area contributed by atoms with Gasteiger partial charge in [0.2, 0.25) is 0 Å². The fraction of sp³-hybridized carbons (Fsp3) is 1.00. The van der Waals surface area contributed by atoms with Crippen LogP contribution in [-0.4, -0.2) is 25.4 Å². The maximum absolute atomic E-state index is 6.62. The second-order valence-electron chi connectivity index (χ2n) is 11.6. The Bertz CT molecular complexity index is 604. The van der Waals surface area contributed by atoms with Gasteiger partial charge in [0, 0.05) is 0 Å². The predicted octanol–water partition coefficient (Wildman–Crippen LogP) is 3.60. The van der Waals surface area contributed by atoms with E-state index >= 15 is 0 Å². The van der Waals surface area contributed by atoms with Crippen LogP contribution in [0.2, 0.25) is 0 Å². The van der Waals surface area contributed by atoms with E-state index in [1.54, 1.807) is 0 Å². The second-order valence-corrected chi connectivity index (χ2v) is 11.6. The third-order valence-corrected chi connectivity index (χ3v) is 11.5. The SMILES string of the molecule is C[C@@]12CO[C@@H]3CC[C@@H]4[C@@H]3[C@@H]1[C@H]1[C@@H]3[C@H]5[C@H]6[C@@H](CC[C@@H]6OC[C@@]5(C)[C@@H]41)[C@H]32. The topological polar surface area (TPSA) is 18.5 Å². The molecular formula is C22H30O2. The Morgan fingerprint density at radius 2 is 1.04 bits per heavy atom. The first-order chi connectivity index (χ1) is 11.6. The predicted molar refractivity (Wildman–Crippen MR) is 89.1 cm³/mol. The molecule has 0 amide bonds. The first kappa shape index (κ1) is 13.1. The number of ether oxygens (including phenoxy) is 2. The highest BCUT2D eigenvalue weighted by molar-refractivity contribution is 5.31. The van der Waals surface area contributed by atoms with E-state index in [4.69, 9.17) is 9.47 Å². The molecule has 8 rings (SSSR count). The third kappa shape index (κ3) is 1.00. The Kier molecular flexibility index (Phi) is 1.93. The van der Waals surface area contributed by atoms with Crippen molar-refractivity contribution in [2.45, 2.75) is 51.7 Å². The van der Waals surface area contributed by atoms with E-state index < -0.39 is 0 Å². The molecule has 0 aromatic heterocycles. The molecule has 0 radical (unpaired) electrons. The molecule has 8 aliphatic rings. The van der Waals surface area contributed by atoms with Crippen molar-refractivity contribution < 1.29 is 9.47 Å². The molecule has 0 aromatic rings. The minimum Gasteiger partial charge on any atom is -0.377 e. The molecule has 8 fully saturated rings. The molecule has 6 aliphatic carbocycles. The summed E-state index contributed by atoms with van der Waals surface area (Å²) in [5.41, 5.74) is 1.01. The van der Waals surface area contributed by atoms with Crippen LogP contribution in [0.4, 0.5) is 0 Å². The van der Waals surface area contributed by atoms with Crippen molar-refractivity contribution >= 4 is 0 Å². The lowest BCUT2D eigenvalue weighted by molar-refractivity contribution is -0.143. The minimum atomic E-state index is 0.506. The largest absolute Gasteiger partial charge is 0.377 e. The van der Waals surface area contributed by atoms with Crippen molar-refractivity contribution in [2.75, 3.05) is 13.2 Å². The summed E-state index contributed by atoms with van der Waals surface area (Å²) in [5, 5.41) is 0. The van der Waals surface area contributed by atoms with E-state index in [-0.39, 0.29) is 0 Å². The van der Waals surface area contributed by atoms with Gasteiger partial charge in [-0.3, -0.25) is 0 Å². The van der Waals surface area contributed by atoms with Gasteiger partial charge in [0.05, 0.1) is 25.4 Å². The van der Waals surface area contributed by atoms with Crippen LogP contribution in [0.25, 0.3) is 0 Å². The number of fused-ring (bicyclic) bond motifs is 4.